The van der Waals surface area contributed by atoms with Crippen LogP contribution in [0.15, 0.2) is 109 Å². The van der Waals surface area contributed by atoms with Gasteiger partial charge in [0, 0.05) is 18.6 Å². The van der Waals surface area contributed by atoms with Crippen LogP contribution in [-0.4, -0.2) is 16.0 Å². The monoisotopic (exact) mass is 517 g/mol. The number of carboxylic acids is 1. The zero-order chi connectivity index (χ0) is 27.1. The fourth-order valence-electron chi connectivity index (χ4n) is 4.83. The van der Waals surface area contributed by atoms with Crippen LogP contribution in [0.25, 0.3) is 0 Å². The first-order chi connectivity index (χ1) is 18.2. The molecular weight excluding hydrogens is 487 g/mol. The second kappa shape index (κ2) is 12.1. The Hall–Kier alpha value is -3.90. The number of alkyl halides is 3. The first kappa shape index (κ1) is 27.1. The van der Waals surface area contributed by atoms with E-state index < -0.39 is 23.8 Å². The molecule has 0 aliphatic carbocycles. The molecule has 3 nitrogen and oxygen atoms in total. The predicted molar refractivity (Wildman–Crippen MR) is 143 cm³/mol. The number of carbonyl (C=O) groups is 1. The minimum Gasteiger partial charge on any atom is -0.481 e. The highest BCUT2D eigenvalue weighted by Crippen LogP contribution is 2.35. The Labute approximate surface area is 221 Å². The zero-order valence-electron chi connectivity index (χ0n) is 21.1. The maximum atomic E-state index is 13.2. The predicted octanol–water partition coefficient (Wildman–Crippen LogP) is 8.08. The lowest BCUT2D eigenvalue weighted by molar-refractivity contribution is -0.139. The molecule has 0 radical (unpaired) electrons. The van der Waals surface area contributed by atoms with Crippen molar-refractivity contribution in [3.63, 3.8) is 0 Å². The lowest BCUT2D eigenvalue weighted by Gasteiger charge is -2.37. The Morgan fingerprint density at radius 2 is 1.32 bits per heavy atom. The van der Waals surface area contributed by atoms with Crippen molar-refractivity contribution in [2.24, 2.45) is 0 Å². The number of nitrogens with zero attached hydrogens (tertiary/aromatic N) is 1. The summed E-state index contributed by atoms with van der Waals surface area (Å²) in [6.45, 7) is 2.60. The van der Waals surface area contributed by atoms with E-state index in [1.807, 2.05) is 84.9 Å². The first-order valence-electron chi connectivity index (χ1n) is 12.5. The van der Waals surface area contributed by atoms with Gasteiger partial charge < -0.3 is 5.11 Å². The number of hydrogen-bond acceptors (Lipinski definition) is 2. The van der Waals surface area contributed by atoms with E-state index in [2.05, 4.69) is 11.8 Å². The molecule has 0 saturated carbocycles. The molecule has 0 aliphatic heterocycles. The minimum atomic E-state index is -4.41. The summed E-state index contributed by atoms with van der Waals surface area (Å²) in [4.78, 5) is 14.3. The maximum Gasteiger partial charge on any atom is 0.416 e. The molecule has 0 unspecified atom stereocenters. The summed E-state index contributed by atoms with van der Waals surface area (Å²) in [7, 11) is 0. The molecule has 0 saturated heterocycles. The smallest absolute Gasteiger partial charge is 0.416 e. The highest BCUT2D eigenvalue weighted by atomic mass is 19.4. The van der Waals surface area contributed by atoms with Crippen LogP contribution in [0.3, 0.4) is 0 Å². The molecule has 0 aliphatic rings. The Kier molecular flexibility index (Phi) is 8.64. The van der Waals surface area contributed by atoms with Crippen molar-refractivity contribution in [2.45, 2.75) is 44.6 Å². The molecule has 0 heterocycles. The Morgan fingerprint density at radius 1 is 0.763 bits per heavy atom. The molecule has 4 aromatic rings. The summed E-state index contributed by atoms with van der Waals surface area (Å²) >= 11 is 0. The summed E-state index contributed by atoms with van der Waals surface area (Å²) in [6.07, 6.45) is -4.21. The van der Waals surface area contributed by atoms with Gasteiger partial charge in [-0.2, -0.15) is 13.2 Å². The van der Waals surface area contributed by atoms with E-state index in [0.29, 0.717) is 18.5 Å². The SMILES string of the molecule is C[C@H](c1ccccc1)N(Cc1ccccc1)[C@@H](CC(=O)O)c1cccc(Cc2cccc(C(F)(F)F)c2)c1. The average molecular weight is 518 g/mol. The number of hydrogen-bond donors (Lipinski definition) is 1. The summed E-state index contributed by atoms with van der Waals surface area (Å²) in [6, 6.07) is 32.2. The van der Waals surface area contributed by atoms with E-state index >= 15 is 0 Å². The third-order valence-corrected chi connectivity index (χ3v) is 6.75. The average Bonchev–Trinajstić information content (AvgIpc) is 2.91. The van der Waals surface area contributed by atoms with Crippen molar-refractivity contribution in [3.8, 4) is 0 Å². The van der Waals surface area contributed by atoms with Crippen molar-refractivity contribution in [2.75, 3.05) is 0 Å². The van der Waals surface area contributed by atoms with Crippen LogP contribution in [-0.2, 0) is 23.9 Å². The molecule has 4 rings (SSSR count). The second-order valence-electron chi connectivity index (χ2n) is 9.48. The molecule has 0 spiro atoms. The van der Waals surface area contributed by atoms with Crippen molar-refractivity contribution in [1.29, 1.82) is 0 Å². The number of aliphatic carboxylic acids is 1. The summed E-state index contributed by atoms with van der Waals surface area (Å²) in [5.41, 5.74) is 3.63. The van der Waals surface area contributed by atoms with Crippen LogP contribution in [0.5, 0.6) is 0 Å². The molecule has 0 aromatic heterocycles. The van der Waals surface area contributed by atoms with Gasteiger partial charge in [0.15, 0.2) is 0 Å². The minimum absolute atomic E-state index is 0.0899. The quantitative estimate of drug-likeness (QED) is 0.231. The fourth-order valence-corrected chi connectivity index (χ4v) is 4.83. The van der Waals surface area contributed by atoms with E-state index in [0.717, 1.165) is 28.3 Å². The highest BCUT2D eigenvalue weighted by molar-refractivity contribution is 5.68. The highest BCUT2D eigenvalue weighted by Gasteiger charge is 2.31. The van der Waals surface area contributed by atoms with Crippen LogP contribution >= 0.6 is 0 Å². The molecule has 0 amide bonds. The van der Waals surface area contributed by atoms with Crippen molar-refractivity contribution < 1.29 is 23.1 Å². The molecular formula is C32H30F3NO2. The molecule has 0 bridgehead atoms. The number of rotatable bonds is 10. The Bertz CT molecular complexity index is 1340. The van der Waals surface area contributed by atoms with Gasteiger partial charge in [-0.05, 0) is 47.2 Å². The van der Waals surface area contributed by atoms with Crippen LogP contribution in [0.4, 0.5) is 13.2 Å². The summed E-state index contributed by atoms with van der Waals surface area (Å²) in [5, 5.41) is 9.89. The molecule has 196 valence electrons. The van der Waals surface area contributed by atoms with Gasteiger partial charge in [-0.3, -0.25) is 9.69 Å². The normalized spacial score (nSPS) is 13.3. The van der Waals surface area contributed by atoms with Gasteiger partial charge in [-0.25, -0.2) is 0 Å². The topological polar surface area (TPSA) is 40.5 Å². The van der Waals surface area contributed by atoms with E-state index in [-0.39, 0.29) is 12.5 Å². The van der Waals surface area contributed by atoms with Gasteiger partial charge in [0.2, 0.25) is 0 Å². The van der Waals surface area contributed by atoms with Gasteiger partial charge in [-0.15, -0.1) is 0 Å². The maximum absolute atomic E-state index is 13.2. The van der Waals surface area contributed by atoms with Crippen molar-refractivity contribution in [3.05, 3.63) is 143 Å². The standard InChI is InChI=1S/C32H30F3NO2/c1-23(27-14-6-3-7-15-27)36(22-24-10-4-2-5-11-24)30(21-31(37)38)28-16-8-12-25(19-28)18-26-13-9-17-29(20-26)32(33,34)35/h2-17,19-20,23,30H,18,21-22H2,1H3,(H,37,38)/t23-,30+/m1/s1. The van der Waals surface area contributed by atoms with E-state index in [1.165, 1.54) is 12.1 Å². The molecule has 38 heavy (non-hydrogen) atoms. The number of carboxylic acid groups (broad SMARTS) is 1. The van der Waals surface area contributed by atoms with Gasteiger partial charge in [0.25, 0.3) is 0 Å². The van der Waals surface area contributed by atoms with Gasteiger partial charge >= 0.3 is 12.1 Å². The molecule has 1 N–H and O–H groups in total. The van der Waals surface area contributed by atoms with Gasteiger partial charge in [0.05, 0.1) is 12.0 Å². The molecule has 0 fully saturated rings. The largest absolute Gasteiger partial charge is 0.481 e. The third-order valence-electron chi connectivity index (χ3n) is 6.75. The zero-order valence-corrected chi connectivity index (χ0v) is 21.1. The molecule has 6 heteroatoms. The summed E-state index contributed by atoms with van der Waals surface area (Å²) < 4.78 is 39.7. The number of halogens is 3. The van der Waals surface area contributed by atoms with E-state index in [1.54, 1.807) is 6.07 Å². The lowest BCUT2D eigenvalue weighted by Crippen LogP contribution is -2.32. The van der Waals surface area contributed by atoms with E-state index in [9.17, 15) is 23.1 Å². The molecule has 2 atom stereocenters. The molecule has 4 aromatic carbocycles. The van der Waals surface area contributed by atoms with Crippen LogP contribution in [0.2, 0.25) is 0 Å². The Morgan fingerprint density at radius 3 is 1.95 bits per heavy atom. The van der Waals surface area contributed by atoms with Gasteiger partial charge in [-0.1, -0.05) is 103 Å². The lowest BCUT2D eigenvalue weighted by atomic mass is 9.94. The Balaban J connectivity index is 1.70. The third kappa shape index (κ3) is 7.11. The van der Waals surface area contributed by atoms with E-state index in [4.69, 9.17) is 0 Å². The number of benzene rings is 4. The van der Waals surface area contributed by atoms with Crippen molar-refractivity contribution in [1.82, 2.24) is 4.90 Å². The summed E-state index contributed by atoms with van der Waals surface area (Å²) in [5.74, 6) is -0.920. The second-order valence-corrected chi connectivity index (χ2v) is 9.48. The van der Waals surface area contributed by atoms with Gasteiger partial charge in [0.1, 0.15) is 0 Å². The fraction of sp³-hybridized carbons (Fsp3) is 0.219. The van der Waals surface area contributed by atoms with Crippen LogP contribution < -0.4 is 0 Å². The van der Waals surface area contributed by atoms with Crippen molar-refractivity contribution >= 4 is 5.97 Å². The first-order valence-corrected chi connectivity index (χ1v) is 12.5. The van der Waals surface area contributed by atoms with Crippen LogP contribution in [0, 0.1) is 0 Å². The van der Waals surface area contributed by atoms with Crippen LogP contribution in [0.1, 0.15) is 58.8 Å².